The molecule has 0 atom stereocenters. The van der Waals surface area contributed by atoms with Crippen molar-refractivity contribution in [1.82, 2.24) is 9.55 Å². The highest BCUT2D eigenvalue weighted by Gasteiger charge is 2.09. The molecule has 0 saturated heterocycles. The number of aromatic carboxylic acids is 1. The van der Waals surface area contributed by atoms with Crippen molar-refractivity contribution in [2.24, 2.45) is 0 Å². The average molecular weight is 253 g/mol. The zero-order valence-electron chi connectivity index (χ0n) is 9.95. The Morgan fingerprint density at radius 1 is 1.21 bits per heavy atom. The van der Waals surface area contributed by atoms with E-state index >= 15 is 0 Å². The van der Waals surface area contributed by atoms with Gasteiger partial charge in [0.15, 0.2) is 0 Å². The number of hydrogen-bond acceptors (Lipinski definition) is 3. The number of aromatic nitrogens is 2. The molecular weight excluding hydrogens is 242 g/mol. The van der Waals surface area contributed by atoms with Crippen LogP contribution in [0.2, 0.25) is 0 Å². The molecule has 0 bridgehead atoms. The smallest absolute Gasteiger partial charge is 0.335 e. The van der Waals surface area contributed by atoms with Gasteiger partial charge in [-0.2, -0.15) is 0 Å². The third kappa shape index (κ3) is 1.81. The lowest BCUT2D eigenvalue weighted by Crippen LogP contribution is -1.99. The van der Waals surface area contributed by atoms with Gasteiger partial charge in [0.2, 0.25) is 0 Å². The van der Waals surface area contributed by atoms with Crippen molar-refractivity contribution < 1.29 is 9.90 Å². The summed E-state index contributed by atoms with van der Waals surface area (Å²) in [5.41, 5.74) is 9.08. The first-order valence-corrected chi connectivity index (χ1v) is 5.72. The van der Waals surface area contributed by atoms with Crippen LogP contribution in [0, 0.1) is 0 Å². The number of rotatable bonds is 2. The normalized spacial score (nSPS) is 10.7. The van der Waals surface area contributed by atoms with E-state index in [9.17, 15) is 4.79 Å². The van der Waals surface area contributed by atoms with Gasteiger partial charge in [-0.25, -0.2) is 9.78 Å². The minimum Gasteiger partial charge on any atom is -0.478 e. The molecule has 0 aliphatic heterocycles. The van der Waals surface area contributed by atoms with E-state index in [1.165, 1.54) is 0 Å². The maximum atomic E-state index is 10.9. The van der Waals surface area contributed by atoms with Crippen LogP contribution in [0.5, 0.6) is 0 Å². The highest BCUT2D eigenvalue weighted by atomic mass is 16.4. The Bertz CT molecular complexity index is 777. The van der Waals surface area contributed by atoms with E-state index in [0.29, 0.717) is 11.2 Å². The SMILES string of the molecule is Nc1ccccc1-n1cnc2cc(C(=O)O)ccc21. The van der Waals surface area contributed by atoms with Gasteiger partial charge in [-0.05, 0) is 30.3 Å². The van der Waals surface area contributed by atoms with Gasteiger partial charge < -0.3 is 10.8 Å². The number of nitrogen functional groups attached to an aromatic ring is 1. The molecule has 1 aromatic heterocycles. The first-order valence-electron chi connectivity index (χ1n) is 5.72. The van der Waals surface area contributed by atoms with E-state index in [1.807, 2.05) is 28.8 Å². The molecule has 19 heavy (non-hydrogen) atoms. The standard InChI is InChI=1S/C14H11N3O2/c15-10-3-1-2-4-12(10)17-8-16-11-7-9(14(18)19)5-6-13(11)17/h1-8H,15H2,(H,18,19). The average Bonchev–Trinajstić information content (AvgIpc) is 2.82. The minimum atomic E-state index is -0.962. The topological polar surface area (TPSA) is 81.1 Å². The Morgan fingerprint density at radius 2 is 2.00 bits per heavy atom. The lowest BCUT2D eigenvalue weighted by Gasteiger charge is -2.07. The number of nitrogens with zero attached hydrogens (tertiary/aromatic N) is 2. The number of benzene rings is 2. The highest BCUT2D eigenvalue weighted by Crippen LogP contribution is 2.23. The number of imidazole rings is 1. The molecular formula is C14H11N3O2. The van der Waals surface area contributed by atoms with E-state index in [1.54, 1.807) is 24.5 Å². The summed E-state index contributed by atoms with van der Waals surface area (Å²) in [6, 6.07) is 12.3. The fourth-order valence-electron chi connectivity index (χ4n) is 2.04. The molecule has 0 unspecified atom stereocenters. The number of fused-ring (bicyclic) bond motifs is 1. The van der Waals surface area contributed by atoms with Crippen LogP contribution in [-0.2, 0) is 0 Å². The van der Waals surface area contributed by atoms with Crippen LogP contribution in [0.1, 0.15) is 10.4 Å². The number of carboxylic acid groups (broad SMARTS) is 1. The summed E-state index contributed by atoms with van der Waals surface area (Å²) in [6.07, 6.45) is 1.64. The van der Waals surface area contributed by atoms with Crippen molar-refractivity contribution in [2.75, 3.05) is 5.73 Å². The molecule has 3 rings (SSSR count). The lowest BCUT2D eigenvalue weighted by molar-refractivity contribution is 0.0697. The van der Waals surface area contributed by atoms with Crippen LogP contribution in [0.4, 0.5) is 5.69 Å². The third-order valence-electron chi connectivity index (χ3n) is 2.99. The van der Waals surface area contributed by atoms with E-state index < -0.39 is 5.97 Å². The maximum Gasteiger partial charge on any atom is 0.335 e. The zero-order valence-corrected chi connectivity index (χ0v) is 9.95. The highest BCUT2D eigenvalue weighted by molar-refractivity contribution is 5.92. The molecule has 0 fully saturated rings. The molecule has 1 heterocycles. The van der Waals surface area contributed by atoms with Crippen molar-refractivity contribution >= 4 is 22.7 Å². The summed E-state index contributed by atoms with van der Waals surface area (Å²) in [7, 11) is 0. The molecule has 3 N–H and O–H groups in total. The fraction of sp³-hybridized carbons (Fsp3) is 0. The number of anilines is 1. The second-order valence-electron chi connectivity index (χ2n) is 4.18. The maximum absolute atomic E-state index is 10.9. The van der Waals surface area contributed by atoms with Crippen LogP contribution in [0.15, 0.2) is 48.8 Å². The Balaban J connectivity index is 2.22. The number of para-hydroxylation sites is 2. The first-order chi connectivity index (χ1) is 9.16. The minimum absolute atomic E-state index is 0.221. The van der Waals surface area contributed by atoms with Gasteiger partial charge in [0, 0.05) is 0 Å². The Hall–Kier alpha value is -2.82. The van der Waals surface area contributed by atoms with Crippen molar-refractivity contribution in [2.45, 2.75) is 0 Å². The zero-order chi connectivity index (χ0) is 13.4. The number of carboxylic acids is 1. The Kier molecular flexibility index (Phi) is 2.45. The van der Waals surface area contributed by atoms with Gasteiger partial charge >= 0.3 is 5.97 Å². The summed E-state index contributed by atoms with van der Waals surface area (Å²) in [5, 5.41) is 8.96. The van der Waals surface area contributed by atoms with Gasteiger partial charge in [-0.15, -0.1) is 0 Å². The second kappa shape index (κ2) is 4.13. The first kappa shape index (κ1) is 11.3. The number of carbonyl (C=O) groups is 1. The van der Waals surface area contributed by atoms with E-state index in [4.69, 9.17) is 10.8 Å². The van der Waals surface area contributed by atoms with Crippen LogP contribution in [0.3, 0.4) is 0 Å². The Morgan fingerprint density at radius 3 is 2.74 bits per heavy atom. The van der Waals surface area contributed by atoms with Crippen molar-refractivity contribution in [3.05, 3.63) is 54.4 Å². The summed E-state index contributed by atoms with van der Waals surface area (Å²) < 4.78 is 1.84. The molecule has 0 spiro atoms. The molecule has 2 aromatic carbocycles. The molecule has 5 heteroatoms. The number of hydrogen-bond donors (Lipinski definition) is 2. The van der Waals surface area contributed by atoms with Crippen LogP contribution in [-0.4, -0.2) is 20.6 Å². The summed E-state index contributed by atoms with van der Waals surface area (Å²) in [4.78, 5) is 15.1. The number of nitrogens with two attached hydrogens (primary N) is 1. The monoisotopic (exact) mass is 253 g/mol. The van der Waals surface area contributed by atoms with Gasteiger partial charge in [0.25, 0.3) is 0 Å². The molecule has 5 nitrogen and oxygen atoms in total. The summed E-state index contributed by atoms with van der Waals surface area (Å²) in [6.45, 7) is 0. The van der Waals surface area contributed by atoms with Gasteiger partial charge in [-0.1, -0.05) is 12.1 Å². The summed E-state index contributed by atoms with van der Waals surface area (Å²) >= 11 is 0. The van der Waals surface area contributed by atoms with Gasteiger partial charge in [0.1, 0.15) is 6.33 Å². The third-order valence-corrected chi connectivity index (χ3v) is 2.99. The second-order valence-corrected chi connectivity index (χ2v) is 4.18. The predicted octanol–water partition coefficient (Wildman–Crippen LogP) is 2.31. The van der Waals surface area contributed by atoms with E-state index in [-0.39, 0.29) is 5.56 Å². The van der Waals surface area contributed by atoms with Gasteiger partial charge in [-0.3, -0.25) is 4.57 Å². The molecule has 3 aromatic rings. The quantitative estimate of drug-likeness (QED) is 0.687. The Labute approximate surface area is 108 Å². The molecule has 0 aliphatic carbocycles. The van der Waals surface area contributed by atoms with Crippen LogP contribution < -0.4 is 5.73 Å². The van der Waals surface area contributed by atoms with E-state index in [2.05, 4.69) is 4.98 Å². The molecule has 0 radical (unpaired) electrons. The lowest BCUT2D eigenvalue weighted by atomic mass is 10.2. The van der Waals surface area contributed by atoms with Gasteiger partial charge in [0.05, 0.1) is 28.0 Å². The largest absolute Gasteiger partial charge is 0.478 e. The van der Waals surface area contributed by atoms with Crippen LogP contribution >= 0.6 is 0 Å². The van der Waals surface area contributed by atoms with E-state index in [0.717, 1.165) is 11.2 Å². The molecule has 0 saturated carbocycles. The summed E-state index contributed by atoms with van der Waals surface area (Å²) in [5.74, 6) is -0.962. The van der Waals surface area contributed by atoms with Crippen molar-refractivity contribution in [3.63, 3.8) is 0 Å². The predicted molar refractivity (Wildman–Crippen MR) is 72.4 cm³/mol. The molecule has 94 valence electrons. The van der Waals surface area contributed by atoms with Crippen LogP contribution in [0.25, 0.3) is 16.7 Å². The molecule has 0 aliphatic rings. The van der Waals surface area contributed by atoms with Crippen molar-refractivity contribution in [3.8, 4) is 5.69 Å². The van der Waals surface area contributed by atoms with Crippen molar-refractivity contribution in [1.29, 1.82) is 0 Å². The molecule has 0 amide bonds. The fourth-order valence-corrected chi connectivity index (χ4v) is 2.04.